The van der Waals surface area contributed by atoms with Crippen LogP contribution in [0, 0.1) is 11.8 Å². The number of carbonyl (C=O) groups excluding carboxylic acids is 1. The number of nitrogens with two attached hydrogens (primary N) is 1. The van der Waals surface area contributed by atoms with E-state index in [1.54, 1.807) is 0 Å². The summed E-state index contributed by atoms with van der Waals surface area (Å²) in [5, 5.41) is 0. The van der Waals surface area contributed by atoms with Gasteiger partial charge in [0.2, 0.25) is 5.91 Å². The van der Waals surface area contributed by atoms with Crippen LogP contribution in [0.5, 0.6) is 0 Å². The number of hydrogen-bond donors (Lipinski definition) is 1. The van der Waals surface area contributed by atoms with E-state index in [1.807, 2.05) is 6.92 Å². The average molecular weight is 141 g/mol. The van der Waals surface area contributed by atoms with Crippen LogP contribution in [0.2, 0.25) is 0 Å². The van der Waals surface area contributed by atoms with Gasteiger partial charge in [-0.05, 0) is 18.8 Å². The summed E-state index contributed by atoms with van der Waals surface area (Å²) in [6.07, 6.45) is 4.96. The summed E-state index contributed by atoms with van der Waals surface area (Å²) < 4.78 is 0. The number of amides is 1. The molecular weight excluding hydrogens is 126 g/mol. The summed E-state index contributed by atoms with van der Waals surface area (Å²) in [6.45, 7) is 1.94. The molecule has 0 aromatic rings. The van der Waals surface area contributed by atoms with E-state index in [-0.39, 0.29) is 11.8 Å². The Morgan fingerprint density at radius 1 is 1.50 bits per heavy atom. The summed E-state index contributed by atoms with van der Waals surface area (Å²) >= 11 is 0. The molecule has 0 saturated heterocycles. The van der Waals surface area contributed by atoms with Crippen molar-refractivity contribution in [3.63, 3.8) is 0 Å². The third-order valence-electron chi connectivity index (χ3n) is 2.56. The smallest absolute Gasteiger partial charge is 0.220 e. The lowest BCUT2D eigenvalue weighted by atomic mass is 9.92. The molecule has 2 heteroatoms. The molecule has 58 valence electrons. The molecule has 2 nitrogen and oxygen atoms in total. The van der Waals surface area contributed by atoms with Crippen molar-refractivity contribution in [2.75, 3.05) is 0 Å². The fourth-order valence-electron chi connectivity index (χ4n) is 1.69. The number of carbonyl (C=O) groups is 1. The summed E-state index contributed by atoms with van der Waals surface area (Å²) in [5.74, 6) is 0.548. The first-order valence-electron chi connectivity index (χ1n) is 4.01. The Labute approximate surface area is 61.8 Å². The maximum Gasteiger partial charge on any atom is 0.220 e. The van der Waals surface area contributed by atoms with Gasteiger partial charge in [0.15, 0.2) is 0 Å². The third-order valence-corrected chi connectivity index (χ3v) is 2.56. The zero-order chi connectivity index (χ0) is 7.56. The first-order valence-corrected chi connectivity index (χ1v) is 4.01. The standard InChI is InChI=1S/C8H15NO/c1-6(8(9)10)7-4-2-3-5-7/h6-7H,2-5H2,1H3,(H2,9,10). The minimum absolute atomic E-state index is 0.0995. The van der Waals surface area contributed by atoms with Crippen LogP contribution in [0.4, 0.5) is 0 Å². The molecule has 1 saturated carbocycles. The van der Waals surface area contributed by atoms with Crippen molar-refractivity contribution in [1.82, 2.24) is 0 Å². The molecule has 0 heterocycles. The van der Waals surface area contributed by atoms with Crippen LogP contribution in [-0.4, -0.2) is 5.91 Å². The van der Waals surface area contributed by atoms with Crippen LogP contribution in [0.15, 0.2) is 0 Å². The average Bonchev–Trinajstić information content (AvgIpc) is 2.36. The predicted molar refractivity (Wildman–Crippen MR) is 40.3 cm³/mol. The Hall–Kier alpha value is -0.530. The first kappa shape index (κ1) is 7.58. The van der Waals surface area contributed by atoms with Gasteiger partial charge in [0, 0.05) is 5.92 Å². The summed E-state index contributed by atoms with van der Waals surface area (Å²) in [6, 6.07) is 0. The van der Waals surface area contributed by atoms with Gasteiger partial charge in [-0.25, -0.2) is 0 Å². The molecule has 0 radical (unpaired) electrons. The minimum Gasteiger partial charge on any atom is -0.369 e. The molecule has 0 bridgehead atoms. The Morgan fingerprint density at radius 2 is 2.00 bits per heavy atom. The second-order valence-electron chi connectivity index (χ2n) is 3.24. The first-order chi connectivity index (χ1) is 4.72. The quantitative estimate of drug-likeness (QED) is 0.618. The molecule has 1 unspecified atom stereocenters. The van der Waals surface area contributed by atoms with E-state index < -0.39 is 0 Å². The molecule has 2 N–H and O–H groups in total. The molecule has 0 aliphatic heterocycles. The zero-order valence-electron chi connectivity index (χ0n) is 6.47. The highest BCUT2D eigenvalue weighted by Crippen LogP contribution is 2.30. The van der Waals surface area contributed by atoms with Crippen molar-refractivity contribution in [3.05, 3.63) is 0 Å². The summed E-state index contributed by atoms with van der Waals surface area (Å²) in [7, 11) is 0. The molecule has 1 rings (SSSR count). The Morgan fingerprint density at radius 3 is 2.40 bits per heavy atom. The van der Waals surface area contributed by atoms with E-state index >= 15 is 0 Å². The SMILES string of the molecule is CC(C(N)=O)C1CCCC1. The van der Waals surface area contributed by atoms with Crippen molar-refractivity contribution in [3.8, 4) is 0 Å². The van der Waals surface area contributed by atoms with Crippen LogP contribution in [-0.2, 0) is 4.79 Å². The summed E-state index contributed by atoms with van der Waals surface area (Å²) in [4.78, 5) is 10.7. The molecular formula is C8H15NO. The van der Waals surface area contributed by atoms with Crippen molar-refractivity contribution >= 4 is 5.91 Å². The van der Waals surface area contributed by atoms with E-state index in [2.05, 4.69) is 0 Å². The van der Waals surface area contributed by atoms with Crippen molar-refractivity contribution in [2.45, 2.75) is 32.6 Å². The van der Waals surface area contributed by atoms with Crippen molar-refractivity contribution in [2.24, 2.45) is 17.6 Å². The Bertz CT molecular complexity index is 127. The molecule has 1 amide bonds. The van der Waals surface area contributed by atoms with E-state index in [9.17, 15) is 4.79 Å². The van der Waals surface area contributed by atoms with Crippen LogP contribution < -0.4 is 5.73 Å². The Balaban J connectivity index is 2.39. The molecule has 0 spiro atoms. The highest BCUT2D eigenvalue weighted by Gasteiger charge is 2.24. The lowest BCUT2D eigenvalue weighted by Crippen LogP contribution is -2.25. The van der Waals surface area contributed by atoms with Gasteiger partial charge >= 0.3 is 0 Å². The van der Waals surface area contributed by atoms with Gasteiger partial charge in [0.1, 0.15) is 0 Å². The highest BCUT2D eigenvalue weighted by molar-refractivity contribution is 5.76. The maximum absolute atomic E-state index is 10.7. The molecule has 1 atom stereocenters. The lowest BCUT2D eigenvalue weighted by Gasteiger charge is -2.13. The molecule has 0 aromatic heterocycles. The number of rotatable bonds is 2. The van der Waals surface area contributed by atoms with Gasteiger partial charge in [-0.3, -0.25) is 4.79 Å². The second-order valence-corrected chi connectivity index (χ2v) is 3.24. The van der Waals surface area contributed by atoms with Gasteiger partial charge in [-0.1, -0.05) is 19.8 Å². The zero-order valence-corrected chi connectivity index (χ0v) is 6.47. The van der Waals surface area contributed by atoms with Crippen molar-refractivity contribution < 1.29 is 4.79 Å². The van der Waals surface area contributed by atoms with Gasteiger partial charge in [0.25, 0.3) is 0 Å². The van der Waals surface area contributed by atoms with Gasteiger partial charge < -0.3 is 5.73 Å². The molecule has 1 aliphatic rings. The van der Waals surface area contributed by atoms with Gasteiger partial charge in [-0.2, -0.15) is 0 Å². The summed E-state index contributed by atoms with van der Waals surface area (Å²) in [5.41, 5.74) is 5.18. The van der Waals surface area contributed by atoms with E-state index in [1.165, 1.54) is 25.7 Å². The maximum atomic E-state index is 10.7. The molecule has 0 aromatic carbocycles. The van der Waals surface area contributed by atoms with Crippen LogP contribution in [0.25, 0.3) is 0 Å². The Kier molecular flexibility index (Phi) is 2.30. The molecule has 1 aliphatic carbocycles. The monoisotopic (exact) mass is 141 g/mol. The number of primary amides is 1. The normalized spacial score (nSPS) is 22.9. The molecule has 10 heavy (non-hydrogen) atoms. The third kappa shape index (κ3) is 1.49. The largest absolute Gasteiger partial charge is 0.369 e. The molecule has 1 fully saturated rings. The fraction of sp³-hybridized carbons (Fsp3) is 0.875. The van der Waals surface area contributed by atoms with Crippen LogP contribution in [0.3, 0.4) is 0 Å². The highest BCUT2D eigenvalue weighted by atomic mass is 16.1. The van der Waals surface area contributed by atoms with Crippen LogP contribution in [0.1, 0.15) is 32.6 Å². The van der Waals surface area contributed by atoms with E-state index in [0.29, 0.717) is 5.92 Å². The number of hydrogen-bond acceptors (Lipinski definition) is 1. The minimum atomic E-state index is -0.132. The lowest BCUT2D eigenvalue weighted by molar-refractivity contribution is -0.122. The van der Waals surface area contributed by atoms with Gasteiger partial charge in [0.05, 0.1) is 0 Å². The predicted octanol–water partition coefficient (Wildman–Crippen LogP) is 1.30. The van der Waals surface area contributed by atoms with Crippen molar-refractivity contribution in [1.29, 1.82) is 0 Å². The van der Waals surface area contributed by atoms with Crippen LogP contribution >= 0.6 is 0 Å². The van der Waals surface area contributed by atoms with E-state index in [4.69, 9.17) is 5.73 Å². The topological polar surface area (TPSA) is 43.1 Å². The van der Waals surface area contributed by atoms with E-state index in [0.717, 1.165) is 0 Å². The fourth-order valence-corrected chi connectivity index (χ4v) is 1.69. The second kappa shape index (κ2) is 3.04. The van der Waals surface area contributed by atoms with Gasteiger partial charge in [-0.15, -0.1) is 0 Å².